The summed E-state index contributed by atoms with van der Waals surface area (Å²) in [6.07, 6.45) is 7.20. The van der Waals surface area contributed by atoms with E-state index < -0.39 is 20.5 Å². The van der Waals surface area contributed by atoms with E-state index in [4.69, 9.17) is 13.9 Å². The molecular weight excluding hydrogens is 504 g/mol. The molecule has 2 N–H and O–H groups in total. The number of aliphatic hydroxyl groups is 2. The molecule has 10 atom stereocenters. The fraction of sp³-hybridized carbons (Fsp3) is 0.939. The van der Waals surface area contributed by atoms with E-state index in [-0.39, 0.29) is 39.6 Å². The van der Waals surface area contributed by atoms with Gasteiger partial charge in [-0.15, -0.1) is 0 Å². The molecule has 39 heavy (non-hydrogen) atoms. The molecule has 0 aromatic rings. The Hall–Kier alpha value is -0.243. The van der Waals surface area contributed by atoms with Crippen LogP contribution in [0.25, 0.3) is 0 Å². The summed E-state index contributed by atoms with van der Waals surface area (Å²) in [7, 11) is -2.04. The highest BCUT2D eigenvalue weighted by Gasteiger charge is 2.64. The molecule has 4 fully saturated rings. The van der Waals surface area contributed by atoms with Crippen LogP contribution in [0.4, 0.5) is 0 Å². The van der Waals surface area contributed by atoms with Gasteiger partial charge < -0.3 is 24.1 Å². The highest BCUT2D eigenvalue weighted by atomic mass is 28.4. The Morgan fingerprint density at radius 1 is 1.00 bits per heavy atom. The average Bonchev–Trinajstić information content (AvgIpc) is 3.16. The van der Waals surface area contributed by atoms with Gasteiger partial charge in [-0.05, 0) is 85.7 Å². The van der Waals surface area contributed by atoms with E-state index in [1.165, 1.54) is 18.4 Å². The first-order valence-corrected chi connectivity index (χ1v) is 18.8. The lowest BCUT2D eigenvalue weighted by molar-refractivity contribution is -0.253. The molecule has 4 unspecified atom stereocenters. The van der Waals surface area contributed by atoms with E-state index in [2.05, 4.69) is 74.6 Å². The smallest absolute Gasteiger partial charge is 0.192 e. The summed E-state index contributed by atoms with van der Waals surface area (Å²) in [5, 5.41) is 22.8. The lowest BCUT2D eigenvalue weighted by Gasteiger charge is -2.62. The van der Waals surface area contributed by atoms with Crippen molar-refractivity contribution in [2.75, 3.05) is 13.2 Å². The van der Waals surface area contributed by atoms with Gasteiger partial charge >= 0.3 is 0 Å². The number of aliphatic hydroxyl groups excluding tert-OH is 2. The van der Waals surface area contributed by atoms with Gasteiger partial charge in [0.15, 0.2) is 14.6 Å². The molecule has 0 spiro atoms. The number of rotatable bonds is 4. The Balaban J connectivity index is 1.43. The first-order chi connectivity index (χ1) is 17.9. The van der Waals surface area contributed by atoms with Crippen LogP contribution in [-0.2, 0) is 13.9 Å². The topological polar surface area (TPSA) is 68.2 Å². The summed E-state index contributed by atoms with van der Waals surface area (Å²) in [5.41, 5.74) is 1.37. The zero-order valence-electron chi connectivity index (χ0n) is 26.5. The summed E-state index contributed by atoms with van der Waals surface area (Å²) in [5.74, 6) is 1.98. The van der Waals surface area contributed by atoms with Crippen molar-refractivity contribution in [3.05, 3.63) is 11.6 Å². The Bertz CT molecular complexity index is 944. The van der Waals surface area contributed by atoms with Crippen LogP contribution in [0.5, 0.6) is 0 Å². The lowest BCUT2D eigenvalue weighted by Crippen LogP contribution is -2.61. The Morgan fingerprint density at radius 2 is 1.64 bits per heavy atom. The van der Waals surface area contributed by atoms with E-state index in [0.29, 0.717) is 36.5 Å². The van der Waals surface area contributed by atoms with Crippen molar-refractivity contribution in [1.29, 1.82) is 0 Å². The third-order valence-electron chi connectivity index (χ3n) is 12.8. The second-order valence-corrected chi connectivity index (χ2v) is 21.7. The zero-order chi connectivity index (χ0) is 28.8. The van der Waals surface area contributed by atoms with Gasteiger partial charge in [0.05, 0.1) is 31.5 Å². The molecule has 0 aromatic heterocycles. The van der Waals surface area contributed by atoms with E-state index in [1.54, 1.807) is 0 Å². The fourth-order valence-corrected chi connectivity index (χ4v) is 10.9. The van der Waals surface area contributed by atoms with E-state index >= 15 is 0 Å². The highest BCUT2D eigenvalue weighted by molar-refractivity contribution is 6.74. The Labute approximate surface area is 239 Å². The molecule has 4 aliphatic carbocycles. The molecule has 1 heterocycles. The van der Waals surface area contributed by atoms with Crippen LogP contribution in [0.2, 0.25) is 18.1 Å². The standard InChI is InChI=1S/C33H58O5Si/c1-20(29-36-18-31(5,6)19-37-29)23-11-12-24-28-25(13-14-32(23,24)7)33(8)21(16-26(28)35)15-22(34)17-27(33)38-39(9,10)30(2,3)4/h16,20,22-29,34-35H,11-15,17-19H2,1-10H3/t20?,22?,23-,24+,25+,26?,27?,28+,32-,33+/m1/s1. The molecular formula is C33H58O5Si. The maximum absolute atomic E-state index is 11.7. The minimum atomic E-state index is -2.04. The Morgan fingerprint density at radius 3 is 2.26 bits per heavy atom. The Kier molecular flexibility index (Phi) is 7.68. The van der Waals surface area contributed by atoms with Crippen LogP contribution in [0, 0.1) is 45.8 Å². The van der Waals surface area contributed by atoms with Crippen molar-refractivity contribution in [2.24, 2.45) is 45.8 Å². The lowest BCUT2D eigenvalue weighted by atomic mass is 9.45. The molecule has 1 saturated heterocycles. The SMILES string of the molecule is CC(C1OCC(C)(C)CO1)[C@H]1CC[C@H]2[C@@H]3C(O)C=C4CC(O)CC(O[Si](C)(C)C(C)(C)C)[C@]4(C)[C@H]3CC[C@]12C. The summed E-state index contributed by atoms with van der Waals surface area (Å²) in [4.78, 5) is 0. The third kappa shape index (κ3) is 4.95. The second kappa shape index (κ2) is 9.91. The molecule has 5 aliphatic rings. The molecule has 0 aromatic carbocycles. The van der Waals surface area contributed by atoms with Gasteiger partial charge in [-0.25, -0.2) is 0 Å². The molecule has 3 saturated carbocycles. The van der Waals surface area contributed by atoms with E-state index in [1.807, 2.05) is 0 Å². The predicted molar refractivity (Wildman–Crippen MR) is 159 cm³/mol. The quantitative estimate of drug-likeness (QED) is 0.287. The minimum Gasteiger partial charge on any atom is -0.413 e. The fourth-order valence-electron chi connectivity index (χ4n) is 9.47. The molecule has 5 rings (SSSR count). The van der Waals surface area contributed by atoms with Crippen LogP contribution in [0.1, 0.15) is 93.9 Å². The number of fused-ring (bicyclic) bond motifs is 5. The van der Waals surface area contributed by atoms with Gasteiger partial charge in [0.2, 0.25) is 0 Å². The van der Waals surface area contributed by atoms with Crippen molar-refractivity contribution in [3.63, 3.8) is 0 Å². The third-order valence-corrected chi connectivity index (χ3v) is 17.3. The van der Waals surface area contributed by atoms with E-state index in [9.17, 15) is 10.2 Å². The van der Waals surface area contributed by atoms with Crippen LogP contribution in [-0.4, -0.2) is 56.3 Å². The summed E-state index contributed by atoms with van der Waals surface area (Å²) in [6, 6.07) is 0. The number of hydrogen-bond donors (Lipinski definition) is 2. The first-order valence-electron chi connectivity index (χ1n) is 15.9. The summed E-state index contributed by atoms with van der Waals surface area (Å²) in [6.45, 7) is 24.8. The highest BCUT2D eigenvalue weighted by Crippen LogP contribution is 2.68. The largest absolute Gasteiger partial charge is 0.413 e. The van der Waals surface area contributed by atoms with Gasteiger partial charge in [0.1, 0.15) is 0 Å². The number of ether oxygens (including phenoxy) is 2. The van der Waals surface area contributed by atoms with Crippen LogP contribution in [0.3, 0.4) is 0 Å². The molecule has 5 nitrogen and oxygen atoms in total. The maximum atomic E-state index is 11.7. The second-order valence-electron chi connectivity index (χ2n) is 17.0. The first kappa shape index (κ1) is 30.2. The molecule has 224 valence electrons. The molecule has 6 heteroatoms. The van der Waals surface area contributed by atoms with Gasteiger partial charge in [-0.1, -0.05) is 67.0 Å². The van der Waals surface area contributed by atoms with Crippen molar-refractivity contribution < 1.29 is 24.1 Å². The van der Waals surface area contributed by atoms with Crippen LogP contribution in [0.15, 0.2) is 11.6 Å². The van der Waals surface area contributed by atoms with Crippen molar-refractivity contribution >= 4 is 8.32 Å². The van der Waals surface area contributed by atoms with Crippen LogP contribution >= 0.6 is 0 Å². The van der Waals surface area contributed by atoms with Gasteiger partial charge in [0, 0.05) is 16.7 Å². The zero-order valence-corrected chi connectivity index (χ0v) is 27.5. The maximum Gasteiger partial charge on any atom is 0.192 e. The average molecular weight is 563 g/mol. The normalized spacial score (nSPS) is 45.6. The molecule has 0 amide bonds. The van der Waals surface area contributed by atoms with Crippen molar-refractivity contribution in [2.45, 2.75) is 137 Å². The van der Waals surface area contributed by atoms with Gasteiger partial charge in [0.25, 0.3) is 0 Å². The van der Waals surface area contributed by atoms with Gasteiger partial charge in [-0.2, -0.15) is 0 Å². The van der Waals surface area contributed by atoms with Gasteiger partial charge in [-0.3, -0.25) is 0 Å². The summed E-state index contributed by atoms with van der Waals surface area (Å²) < 4.78 is 19.8. The minimum absolute atomic E-state index is 0.00117. The van der Waals surface area contributed by atoms with Crippen molar-refractivity contribution in [3.8, 4) is 0 Å². The van der Waals surface area contributed by atoms with E-state index in [0.717, 1.165) is 26.1 Å². The predicted octanol–water partition coefficient (Wildman–Crippen LogP) is 6.93. The molecule has 1 aliphatic heterocycles. The summed E-state index contributed by atoms with van der Waals surface area (Å²) >= 11 is 0. The monoisotopic (exact) mass is 562 g/mol. The van der Waals surface area contributed by atoms with Crippen LogP contribution < -0.4 is 0 Å². The number of hydrogen-bond acceptors (Lipinski definition) is 5. The molecule has 0 bridgehead atoms. The van der Waals surface area contributed by atoms with Crippen molar-refractivity contribution in [1.82, 2.24) is 0 Å². The molecule has 0 radical (unpaired) electrons.